The molecule has 0 saturated heterocycles. The average Bonchev–Trinajstić information content (AvgIpc) is 1.85. The molecule has 70 valence electrons. The van der Waals surface area contributed by atoms with Gasteiger partial charge in [0.05, 0.1) is 0 Å². The molecular weight excluding hydrogens is 205 g/mol. The van der Waals surface area contributed by atoms with Gasteiger partial charge in [-0.25, -0.2) is 16.5 Å². The number of amides is 2. The minimum absolute atomic E-state index is 0. The van der Waals surface area contributed by atoms with Crippen molar-refractivity contribution in [3.05, 3.63) is 10.1 Å². The summed E-state index contributed by atoms with van der Waals surface area (Å²) in [5, 5.41) is 13.6. The SMILES string of the molecule is NNC(=O)NN.O=[N+]([O-])O.[Ni]. The van der Waals surface area contributed by atoms with Crippen molar-refractivity contribution >= 4 is 6.03 Å². The van der Waals surface area contributed by atoms with E-state index in [-0.39, 0.29) is 16.5 Å². The standard InChI is InChI=1S/CH6N4O.HNO3.Ni/c2-4-1(6)5-3;2-1(3)4;/h2-3H2,(H2,4,5,6);(H,2,3,4);. The molecule has 2 amide bonds. The quantitative estimate of drug-likeness (QED) is 0.0996. The first kappa shape index (κ1) is 16.5. The average molecular weight is 212 g/mol. The van der Waals surface area contributed by atoms with Gasteiger partial charge in [-0.2, -0.15) is 0 Å². The van der Waals surface area contributed by atoms with Crippen molar-refractivity contribution in [2.24, 2.45) is 11.7 Å². The Morgan fingerprint density at radius 1 is 1.45 bits per heavy atom. The van der Waals surface area contributed by atoms with Gasteiger partial charge in [0.2, 0.25) is 0 Å². The zero-order chi connectivity index (χ0) is 8.57. The van der Waals surface area contributed by atoms with Crippen molar-refractivity contribution in [1.29, 1.82) is 0 Å². The summed E-state index contributed by atoms with van der Waals surface area (Å²) in [6, 6.07) is -0.602. The first-order valence-electron chi connectivity index (χ1n) is 1.85. The number of carbonyl (C=O) groups is 1. The van der Waals surface area contributed by atoms with Crippen molar-refractivity contribution in [2.75, 3.05) is 0 Å². The number of rotatable bonds is 0. The van der Waals surface area contributed by atoms with E-state index in [1.807, 2.05) is 0 Å². The van der Waals surface area contributed by atoms with Crippen LogP contribution in [0.1, 0.15) is 0 Å². The molecular formula is CH7N5NiO4. The molecule has 0 aromatic carbocycles. The third-order valence-corrected chi connectivity index (χ3v) is 0.262. The number of nitrogens with zero attached hydrogens (tertiary/aromatic N) is 1. The normalized spacial score (nSPS) is 6.00. The molecule has 10 heteroatoms. The zero-order valence-corrected chi connectivity index (χ0v) is 6.08. The smallest absolute Gasteiger partial charge is 0.328 e. The summed E-state index contributed by atoms with van der Waals surface area (Å²) < 4.78 is 0. The van der Waals surface area contributed by atoms with E-state index >= 15 is 0 Å². The van der Waals surface area contributed by atoms with Crippen LogP contribution in [0.4, 0.5) is 4.79 Å². The van der Waals surface area contributed by atoms with E-state index in [0.29, 0.717) is 0 Å². The maximum atomic E-state index is 9.71. The Kier molecular flexibility index (Phi) is 17.4. The fourth-order valence-corrected chi connectivity index (χ4v) is 0.0417. The van der Waals surface area contributed by atoms with Gasteiger partial charge in [-0.3, -0.25) is 10.9 Å². The molecule has 9 nitrogen and oxygen atoms in total. The zero-order valence-electron chi connectivity index (χ0n) is 5.09. The molecule has 0 aliphatic heterocycles. The Balaban J connectivity index is -0.000000114. The van der Waals surface area contributed by atoms with Crippen LogP contribution in [0.25, 0.3) is 0 Å². The predicted molar refractivity (Wildman–Crippen MR) is 28.8 cm³/mol. The van der Waals surface area contributed by atoms with Crippen LogP contribution in [0.3, 0.4) is 0 Å². The Hall–Kier alpha value is -1.12. The van der Waals surface area contributed by atoms with E-state index < -0.39 is 11.1 Å². The number of nitrogens with one attached hydrogen (secondary N) is 2. The fraction of sp³-hybridized carbons (Fsp3) is 0. The molecule has 0 spiro atoms. The van der Waals surface area contributed by atoms with Crippen LogP contribution in [-0.2, 0) is 16.5 Å². The van der Waals surface area contributed by atoms with Crippen LogP contribution in [0, 0.1) is 10.1 Å². The van der Waals surface area contributed by atoms with E-state index in [2.05, 4.69) is 11.7 Å². The van der Waals surface area contributed by atoms with Crippen LogP contribution in [0.5, 0.6) is 0 Å². The summed E-state index contributed by atoms with van der Waals surface area (Å²) in [5.74, 6) is 9.08. The maximum Gasteiger partial charge on any atom is 0.343 e. The Bertz CT molecular complexity index is 107. The van der Waals surface area contributed by atoms with E-state index in [4.69, 9.17) is 15.3 Å². The number of urea groups is 1. The number of hydrogen-bond acceptors (Lipinski definition) is 5. The maximum absolute atomic E-state index is 9.71. The van der Waals surface area contributed by atoms with Gasteiger partial charge >= 0.3 is 6.03 Å². The van der Waals surface area contributed by atoms with Crippen LogP contribution < -0.4 is 22.5 Å². The number of carbonyl (C=O) groups excluding carboxylic acids is 1. The second-order valence-corrected chi connectivity index (χ2v) is 0.856. The molecule has 0 heterocycles. The van der Waals surface area contributed by atoms with Crippen LogP contribution >= 0.6 is 0 Å². The summed E-state index contributed by atoms with van der Waals surface area (Å²) in [5.41, 5.74) is 3.48. The molecule has 0 bridgehead atoms. The van der Waals surface area contributed by atoms with E-state index in [0.717, 1.165) is 0 Å². The molecule has 0 atom stereocenters. The Morgan fingerprint density at radius 3 is 1.64 bits per heavy atom. The van der Waals surface area contributed by atoms with Crippen LogP contribution in [0.2, 0.25) is 0 Å². The van der Waals surface area contributed by atoms with Crippen LogP contribution in [-0.4, -0.2) is 16.3 Å². The number of hydrogen-bond donors (Lipinski definition) is 5. The van der Waals surface area contributed by atoms with Crippen molar-refractivity contribution in [3.8, 4) is 0 Å². The minimum Gasteiger partial charge on any atom is -0.328 e. The van der Waals surface area contributed by atoms with Crippen molar-refractivity contribution in [2.45, 2.75) is 0 Å². The van der Waals surface area contributed by atoms with E-state index in [1.165, 1.54) is 0 Å². The topological polar surface area (TPSA) is 157 Å². The molecule has 0 aliphatic rings. The van der Waals surface area contributed by atoms with Gasteiger partial charge in [0.1, 0.15) is 0 Å². The summed E-state index contributed by atoms with van der Waals surface area (Å²) in [4.78, 5) is 18.1. The van der Waals surface area contributed by atoms with Gasteiger partial charge in [-0.15, -0.1) is 10.1 Å². The molecule has 0 fully saturated rings. The molecule has 0 unspecified atom stereocenters. The molecule has 0 aromatic rings. The third kappa shape index (κ3) is 50.6. The monoisotopic (exact) mass is 211 g/mol. The van der Waals surface area contributed by atoms with Crippen LogP contribution in [0.15, 0.2) is 0 Å². The second kappa shape index (κ2) is 11.7. The molecule has 0 saturated carbocycles. The molecule has 0 aromatic heterocycles. The van der Waals surface area contributed by atoms with E-state index in [9.17, 15) is 4.79 Å². The summed E-state index contributed by atoms with van der Waals surface area (Å²) in [6.07, 6.45) is 0. The number of nitrogens with two attached hydrogens (primary N) is 2. The Morgan fingerprint density at radius 2 is 1.64 bits per heavy atom. The first-order valence-corrected chi connectivity index (χ1v) is 1.85. The van der Waals surface area contributed by atoms with Crippen molar-refractivity contribution in [3.63, 3.8) is 0 Å². The van der Waals surface area contributed by atoms with Crippen molar-refractivity contribution in [1.82, 2.24) is 10.9 Å². The third-order valence-electron chi connectivity index (χ3n) is 0.262. The van der Waals surface area contributed by atoms with Gasteiger partial charge in [0, 0.05) is 16.5 Å². The molecule has 0 aliphatic carbocycles. The molecule has 0 radical (unpaired) electrons. The summed E-state index contributed by atoms with van der Waals surface area (Å²) in [7, 11) is 0. The molecule has 7 N–H and O–H groups in total. The second-order valence-electron chi connectivity index (χ2n) is 0.856. The van der Waals surface area contributed by atoms with E-state index in [1.54, 1.807) is 10.9 Å². The molecule has 11 heavy (non-hydrogen) atoms. The van der Waals surface area contributed by atoms with Gasteiger partial charge in [0.15, 0.2) is 0 Å². The van der Waals surface area contributed by atoms with Gasteiger partial charge in [0.25, 0.3) is 5.09 Å². The summed E-state index contributed by atoms with van der Waals surface area (Å²) in [6.45, 7) is 0. The van der Waals surface area contributed by atoms with Crippen molar-refractivity contribution < 1.29 is 31.6 Å². The predicted octanol–water partition coefficient (Wildman–Crippen LogP) is -2.32. The van der Waals surface area contributed by atoms with Gasteiger partial charge in [-0.05, 0) is 0 Å². The number of hydrazine groups is 2. The fourth-order valence-electron chi connectivity index (χ4n) is 0.0417. The molecule has 0 rings (SSSR count). The van der Waals surface area contributed by atoms with Gasteiger partial charge in [-0.1, -0.05) is 0 Å². The Labute approximate surface area is 71.1 Å². The minimum atomic E-state index is -1.50. The summed E-state index contributed by atoms with van der Waals surface area (Å²) >= 11 is 0. The first-order chi connectivity index (χ1) is 4.54. The van der Waals surface area contributed by atoms with Gasteiger partial charge < -0.3 is 5.21 Å². The largest absolute Gasteiger partial charge is 0.343 e.